The molecular formula is C14H19F2N3S. The highest BCUT2D eigenvalue weighted by Gasteiger charge is 2.07. The molecule has 20 heavy (non-hydrogen) atoms. The second-order valence-corrected chi connectivity index (χ2v) is 4.80. The van der Waals surface area contributed by atoms with Gasteiger partial charge in [-0.25, -0.2) is 8.78 Å². The maximum absolute atomic E-state index is 13.5. The first-order valence-corrected chi connectivity index (χ1v) is 6.99. The van der Waals surface area contributed by atoms with Gasteiger partial charge in [0.15, 0.2) is 5.11 Å². The van der Waals surface area contributed by atoms with Crippen molar-refractivity contribution in [1.82, 2.24) is 10.7 Å². The van der Waals surface area contributed by atoms with E-state index in [0.717, 1.165) is 44.0 Å². The third-order valence-corrected chi connectivity index (χ3v) is 2.94. The zero-order valence-corrected chi connectivity index (χ0v) is 12.5. The Kier molecular flexibility index (Phi) is 7.08. The topological polar surface area (TPSA) is 36.4 Å². The Labute approximate surface area is 123 Å². The van der Waals surface area contributed by atoms with Gasteiger partial charge in [-0.15, -0.1) is 0 Å². The lowest BCUT2D eigenvalue weighted by molar-refractivity contribution is 0.597. The van der Waals surface area contributed by atoms with E-state index in [2.05, 4.69) is 22.8 Å². The van der Waals surface area contributed by atoms with E-state index in [9.17, 15) is 8.78 Å². The molecule has 3 nitrogen and oxygen atoms in total. The third-order valence-electron chi connectivity index (χ3n) is 2.71. The largest absolute Gasteiger partial charge is 0.361 e. The van der Waals surface area contributed by atoms with Crippen LogP contribution in [-0.4, -0.2) is 17.4 Å². The first-order valence-electron chi connectivity index (χ1n) is 6.58. The number of hydrogen-bond acceptors (Lipinski definition) is 2. The fraction of sp³-hybridized carbons (Fsp3) is 0.429. The van der Waals surface area contributed by atoms with E-state index in [1.54, 1.807) is 6.92 Å². The molecule has 1 aromatic carbocycles. The van der Waals surface area contributed by atoms with Crippen LogP contribution in [0.25, 0.3) is 0 Å². The molecular weight excluding hydrogens is 280 g/mol. The van der Waals surface area contributed by atoms with Gasteiger partial charge in [0.25, 0.3) is 0 Å². The second kappa shape index (κ2) is 8.58. The molecule has 1 aromatic rings. The molecule has 0 aliphatic carbocycles. The van der Waals surface area contributed by atoms with Crippen LogP contribution in [0.3, 0.4) is 0 Å². The lowest BCUT2D eigenvalue weighted by atomic mass is 10.1. The van der Waals surface area contributed by atoms with E-state index in [1.165, 1.54) is 0 Å². The van der Waals surface area contributed by atoms with Gasteiger partial charge in [0.1, 0.15) is 11.6 Å². The smallest absolute Gasteiger partial charge is 0.186 e. The molecule has 0 aromatic heterocycles. The molecule has 0 radical (unpaired) electrons. The molecule has 0 spiro atoms. The molecule has 0 amide bonds. The van der Waals surface area contributed by atoms with E-state index < -0.39 is 11.6 Å². The second-order valence-electron chi connectivity index (χ2n) is 4.40. The number of hydrogen-bond donors (Lipinski definition) is 2. The molecule has 0 unspecified atom stereocenters. The van der Waals surface area contributed by atoms with Crippen LogP contribution in [0, 0.1) is 11.6 Å². The summed E-state index contributed by atoms with van der Waals surface area (Å²) in [5, 5.41) is 7.32. The van der Waals surface area contributed by atoms with Crippen molar-refractivity contribution in [3.63, 3.8) is 0 Å². The molecule has 0 aliphatic heterocycles. The maximum atomic E-state index is 13.5. The molecule has 6 heteroatoms. The van der Waals surface area contributed by atoms with Crippen LogP contribution in [0.15, 0.2) is 23.3 Å². The zero-order chi connectivity index (χ0) is 15.0. The van der Waals surface area contributed by atoms with Crippen LogP contribution in [-0.2, 0) is 0 Å². The summed E-state index contributed by atoms with van der Waals surface area (Å²) in [5.74, 6) is -1.02. The summed E-state index contributed by atoms with van der Waals surface area (Å²) < 4.78 is 26.6. The number of thiocarbonyl (C=S) groups is 1. The van der Waals surface area contributed by atoms with Crippen molar-refractivity contribution in [2.45, 2.75) is 33.1 Å². The minimum absolute atomic E-state index is 0.117. The molecule has 0 fully saturated rings. The highest BCUT2D eigenvalue weighted by Crippen LogP contribution is 2.10. The van der Waals surface area contributed by atoms with Gasteiger partial charge in [-0.3, -0.25) is 5.43 Å². The molecule has 0 aliphatic rings. The average Bonchev–Trinajstić information content (AvgIpc) is 2.43. The molecule has 0 saturated carbocycles. The van der Waals surface area contributed by atoms with Gasteiger partial charge in [0.2, 0.25) is 0 Å². The van der Waals surface area contributed by atoms with Crippen molar-refractivity contribution in [2.75, 3.05) is 6.54 Å². The Hall–Kier alpha value is -1.56. The van der Waals surface area contributed by atoms with Gasteiger partial charge in [-0.2, -0.15) is 5.10 Å². The fourth-order valence-electron chi connectivity index (χ4n) is 1.59. The number of benzene rings is 1. The SMILES string of the molecule is CCCCCNC(=S)N/N=C(/C)c1cc(F)ccc1F. The summed E-state index contributed by atoms with van der Waals surface area (Å²) in [7, 11) is 0. The molecule has 110 valence electrons. The highest BCUT2D eigenvalue weighted by atomic mass is 32.1. The monoisotopic (exact) mass is 299 g/mol. The lowest BCUT2D eigenvalue weighted by Gasteiger charge is -2.08. The van der Waals surface area contributed by atoms with Crippen molar-refractivity contribution in [3.05, 3.63) is 35.4 Å². The van der Waals surface area contributed by atoms with E-state index in [1.807, 2.05) is 0 Å². The van der Waals surface area contributed by atoms with Gasteiger partial charge in [0.05, 0.1) is 5.71 Å². The Morgan fingerprint density at radius 1 is 1.30 bits per heavy atom. The summed E-state index contributed by atoms with van der Waals surface area (Å²) in [4.78, 5) is 0. The quantitative estimate of drug-likeness (QED) is 0.366. The molecule has 1 rings (SSSR count). The normalized spacial score (nSPS) is 11.3. The summed E-state index contributed by atoms with van der Waals surface area (Å²) >= 11 is 5.03. The van der Waals surface area contributed by atoms with Crippen LogP contribution < -0.4 is 10.7 Å². The van der Waals surface area contributed by atoms with Crippen LogP contribution >= 0.6 is 12.2 Å². The van der Waals surface area contributed by atoms with Gasteiger partial charge in [-0.1, -0.05) is 19.8 Å². The molecule has 0 atom stereocenters. The summed E-state index contributed by atoms with van der Waals surface area (Å²) in [5.41, 5.74) is 3.07. The van der Waals surface area contributed by atoms with E-state index in [-0.39, 0.29) is 5.56 Å². The minimum Gasteiger partial charge on any atom is -0.361 e. The van der Waals surface area contributed by atoms with E-state index in [0.29, 0.717) is 10.8 Å². The standard InChI is InChI=1S/C14H19F2N3S/c1-3-4-5-8-17-14(20)19-18-10(2)12-9-11(15)6-7-13(12)16/h6-7,9H,3-5,8H2,1-2H3,(H2,17,19,20)/b18-10-. The summed E-state index contributed by atoms with van der Waals surface area (Å²) in [6, 6.07) is 3.25. The molecule has 0 saturated heterocycles. The first kappa shape index (κ1) is 16.5. The predicted molar refractivity (Wildman–Crippen MR) is 81.8 cm³/mol. The van der Waals surface area contributed by atoms with Crippen molar-refractivity contribution >= 4 is 23.0 Å². The van der Waals surface area contributed by atoms with Crippen LogP contribution in [0.1, 0.15) is 38.7 Å². The van der Waals surface area contributed by atoms with Crippen LogP contribution in [0.5, 0.6) is 0 Å². The molecule has 2 N–H and O–H groups in total. The number of nitrogens with one attached hydrogen (secondary N) is 2. The van der Waals surface area contributed by atoms with Gasteiger partial charge in [0, 0.05) is 12.1 Å². The zero-order valence-electron chi connectivity index (χ0n) is 11.7. The summed E-state index contributed by atoms with van der Waals surface area (Å²) in [6.45, 7) is 4.48. The maximum Gasteiger partial charge on any atom is 0.186 e. The van der Waals surface area contributed by atoms with Crippen molar-refractivity contribution in [3.8, 4) is 0 Å². The Bertz CT molecular complexity index is 489. The molecule has 0 bridgehead atoms. The number of halogens is 2. The van der Waals surface area contributed by atoms with E-state index >= 15 is 0 Å². The minimum atomic E-state index is -0.517. The Balaban J connectivity index is 2.52. The number of unbranched alkanes of at least 4 members (excludes halogenated alkanes) is 2. The van der Waals surface area contributed by atoms with Gasteiger partial charge >= 0.3 is 0 Å². The number of hydrazone groups is 1. The third kappa shape index (κ3) is 5.61. The Morgan fingerprint density at radius 2 is 2.05 bits per heavy atom. The van der Waals surface area contributed by atoms with Crippen molar-refractivity contribution in [1.29, 1.82) is 0 Å². The molecule has 0 heterocycles. The van der Waals surface area contributed by atoms with Crippen LogP contribution in [0.2, 0.25) is 0 Å². The fourth-order valence-corrected chi connectivity index (χ4v) is 1.73. The predicted octanol–water partition coefficient (Wildman–Crippen LogP) is 3.34. The van der Waals surface area contributed by atoms with Gasteiger partial charge in [-0.05, 0) is 43.8 Å². The number of rotatable bonds is 6. The number of nitrogens with zero attached hydrogens (tertiary/aromatic N) is 1. The van der Waals surface area contributed by atoms with Crippen molar-refractivity contribution < 1.29 is 8.78 Å². The van der Waals surface area contributed by atoms with Gasteiger partial charge < -0.3 is 5.32 Å². The van der Waals surface area contributed by atoms with Crippen LogP contribution in [0.4, 0.5) is 8.78 Å². The lowest BCUT2D eigenvalue weighted by Crippen LogP contribution is -2.33. The first-order chi connectivity index (χ1) is 9.54. The highest BCUT2D eigenvalue weighted by molar-refractivity contribution is 7.80. The Morgan fingerprint density at radius 3 is 2.75 bits per heavy atom. The van der Waals surface area contributed by atoms with Crippen molar-refractivity contribution in [2.24, 2.45) is 5.10 Å². The van der Waals surface area contributed by atoms with E-state index in [4.69, 9.17) is 12.2 Å². The summed E-state index contributed by atoms with van der Waals surface area (Å²) in [6.07, 6.45) is 3.30. The average molecular weight is 299 g/mol.